The Morgan fingerprint density at radius 1 is 0.952 bits per heavy atom. The minimum Gasteiger partial charge on any atom is -0.460 e. The summed E-state index contributed by atoms with van der Waals surface area (Å²) >= 11 is 0. The van der Waals surface area contributed by atoms with Gasteiger partial charge < -0.3 is 4.74 Å². The van der Waals surface area contributed by atoms with E-state index in [1.54, 1.807) is 31.2 Å². The molecule has 0 saturated carbocycles. The first kappa shape index (κ1) is 15.0. The maximum absolute atomic E-state index is 12.4. The highest BCUT2D eigenvalue weighted by Crippen LogP contribution is 2.27. The van der Waals surface area contributed by atoms with Crippen molar-refractivity contribution >= 4 is 11.8 Å². The molecule has 2 rings (SSSR count). The van der Waals surface area contributed by atoms with Crippen molar-refractivity contribution in [3.05, 3.63) is 71.8 Å². The number of ketones is 1. The van der Waals surface area contributed by atoms with Crippen LogP contribution in [-0.2, 0) is 26.3 Å². The number of esters is 1. The molecule has 0 saturated heterocycles. The molecular formula is C18H18O3. The molecule has 2 aromatic carbocycles. The van der Waals surface area contributed by atoms with Crippen LogP contribution in [0.15, 0.2) is 60.7 Å². The average molecular weight is 282 g/mol. The molecule has 0 aliphatic carbocycles. The molecule has 0 aliphatic heterocycles. The van der Waals surface area contributed by atoms with Crippen molar-refractivity contribution in [1.82, 2.24) is 0 Å². The molecule has 0 radical (unpaired) electrons. The summed E-state index contributed by atoms with van der Waals surface area (Å²) in [6.45, 7) is 3.18. The van der Waals surface area contributed by atoms with E-state index in [-0.39, 0.29) is 12.4 Å². The predicted molar refractivity (Wildman–Crippen MR) is 80.7 cm³/mol. The number of benzene rings is 2. The fraction of sp³-hybridized carbons (Fsp3) is 0.222. The molecule has 0 aromatic heterocycles. The molecule has 0 aliphatic rings. The van der Waals surface area contributed by atoms with E-state index in [0.29, 0.717) is 5.56 Å². The minimum absolute atomic E-state index is 0.162. The van der Waals surface area contributed by atoms with E-state index < -0.39 is 11.4 Å². The lowest BCUT2D eigenvalue weighted by molar-refractivity contribution is -0.154. The summed E-state index contributed by atoms with van der Waals surface area (Å²) in [5.74, 6) is -0.753. The van der Waals surface area contributed by atoms with Crippen molar-refractivity contribution in [1.29, 1.82) is 0 Å². The Morgan fingerprint density at radius 3 is 2.00 bits per heavy atom. The maximum atomic E-state index is 12.4. The second-order valence-corrected chi connectivity index (χ2v) is 5.11. The summed E-state index contributed by atoms with van der Waals surface area (Å²) in [5, 5.41) is 0. The molecule has 1 atom stereocenters. The fourth-order valence-electron chi connectivity index (χ4n) is 2.10. The van der Waals surface area contributed by atoms with Gasteiger partial charge in [0.15, 0.2) is 5.78 Å². The van der Waals surface area contributed by atoms with E-state index in [4.69, 9.17) is 4.74 Å². The Labute approximate surface area is 124 Å². The van der Waals surface area contributed by atoms with Gasteiger partial charge in [-0.05, 0) is 25.0 Å². The largest absolute Gasteiger partial charge is 0.460 e. The van der Waals surface area contributed by atoms with Crippen molar-refractivity contribution in [2.45, 2.75) is 25.9 Å². The summed E-state index contributed by atoms with van der Waals surface area (Å²) < 4.78 is 5.35. The molecule has 0 heterocycles. The molecule has 1 unspecified atom stereocenters. The van der Waals surface area contributed by atoms with Crippen LogP contribution in [0.2, 0.25) is 0 Å². The Morgan fingerprint density at radius 2 is 1.48 bits per heavy atom. The number of carbonyl (C=O) groups excluding carboxylic acids is 2. The van der Waals surface area contributed by atoms with Gasteiger partial charge in [-0.2, -0.15) is 0 Å². The standard InChI is InChI=1S/C18H18O3/c1-14(19)18(2,16-11-7-4-8-12-16)17(20)21-13-15-9-5-3-6-10-15/h3-12H,13H2,1-2H3. The Bertz CT molecular complexity index is 619. The van der Waals surface area contributed by atoms with E-state index in [9.17, 15) is 9.59 Å². The van der Waals surface area contributed by atoms with Gasteiger partial charge in [-0.3, -0.25) is 9.59 Å². The van der Waals surface area contributed by atoms with Gasteiger partial charge in [-0.25, -0.2) is 0 Å². The molecule has 0 bridgehead atoms. The Kier molecular flexibility index (Phi) is 4.53. The third kappa shape index (κ3) is 3.19. The highest BCUT2D eigenvalue weighted by molar-refractivity contribution is 6.08. The highest BCUT2D eigenvalue weighted by atomic mass is 16.5. The van der Waals surface area contributed by atoms with Crippen molar-refractivity contribution in [2.24, 2.45) is 0 Å². The van der Waals surface area contributed by atoms with Gasteiger partial charge in [0.2, 0.25) is 0 Å². The van der Waals surface area contributed by atoms with Gasteiger partial charge in [0, 0.05) is 0 Å². The highest BCUT2D eigenvalue weighted by Gasteiger charge is 2.41. The van der Waals surface area contributed by atoms with E-state index in [1.807, 2.05) is 36.4 Å². The van der Waals surface area contributed by atoms with Gasteiger partial charge in [-0.1, -0.05) is 60.7 Å². The van der Waals surface area contributed by atoms with Crippen molar-refractivity contribution < 1.29 is 14.3 Å². The summed E-state index contributed by atoms with van der Waals surface area (Å²) in [5.41, 5.74) is 0.274. The second-order valence-electron chi connectivity index (χ2n) is 5.11. The molecule has 108 valence electrons. The van der Waals surface area contributed by atoms with Gasteiger partial charge in [0.25, 0.3) is 0 Å². The Balaban J connectivity index is 2.19. The third-order valence-corrected chi connectivity index (χ3v) is 3.68. The van der Waals surface area contributed by atoms with Crippen LogP contribution in [0, 0.1) is 0 Å². The second kappa shape index (κ2) is 6.35. The van der Waals surface area contributed by atoms with Crippen LogP contribution in [0.3, 0.4) is 0 Å². The van der Waals surface area contributed by atoms with Gasteiger partial charge in [0.05, 0.1) is 0 Å². The molecule has 21 heavy (non-hydrogen) atoms. The number of carbonyl (C=O) groups is 2. The van der Waals surface area contributed by atoms with E-state index >= 15 is 0 Å². The van der Waals surface area contributed by atoms with Crippen LogP contribution in [-0.4, -0.2) is 11.8 Å². The zero-order valence-corrected chi connectivity index (χ0v) is 12.2. The first-order valence-corrected chi connectivity index (χ1v) is 6.83. The average Bonchev–Trinajstić information content (AvgIpc) is 2.53. The van der Waals surface area contributed by atoms with Gasteiger partial charge in [0.1, 0.15) is 12.0 Å². The van der Waals surface area contributed by atoms with Crippen LogP contribution in [0.25, 0.3) is 0 Å². The summed E-state index contributed by atoms with van der Waals surface area (Å²) in [4.78, 5) is 24.5. The maximum Gasteiger partial charge on any atom is 0.324 e. The van der Waals surface area contributed by atoms with Crippen molar-refractivity contribution in [3.63, 3.8) is 0 Å². The molecule has 3 heteroatoms. The van der Waals surface area contributed by atoms with Crippen LogP contribution in [0.5, 0.6) is 0 Å². The number of Topliss-reactive ketones (excluding diaryl/α,β-unsaturated/α-hetero) is 1. The number of rotatable bonds is 5. The normalized spacial score (nSPS) is 13.2. The van der Waals surface area contributed by atoms with Gasteiger partial charge in [-0.15, -0.1) is 0 Å². The quantitative estimate of drug-likeness (QED) is 0.624. The van der Waals surface area contributed by atoms with Crippen LogP contribution in [0.1, 0.15) is 25.0 Å². The molecule has 0 spiro atoms. The topological polar surface area (TPSA) is 43.4 Å². The number of ether oxygens (including phenoxy) is 1. The first-order chi connectivity index (χ1) is 10.0. The predicted octanol–water partition coefficient (Wildman–Crippen LogP) is 3.28. The van der Waals surface area contributed by atoms with Crippen LogP contribution < -0.4 is 0 Å². The lowest BCUT2D eigenvalue weighted by Crippen LogP contribution is -2.40. The molecule has 0 amide bonds. The van der Waals surface area contributed by atoms with Crippen LogP contribution >= 0.6 is 0 Å². The zero-order chi connectivity index (χ0) is 15.3. The lowest BCUT2D eigenvalue weighted by atomic mass is 9.79. The summed E-state index contributed by atoms with van der Waals surface area (Å²) in [6, 6.07) is 18.4. The molecule has 0 N–H and O–H groups in total. The third-order valence-electron chi connectivity index (χ3n) is 3.68. The van der Waals surface area contributed by atoms with Crippen LogP contribution in [0.4, 0.5) is 0 Å². The van der Waals surface area contributed by atoms with Crippen molar-refractivity contribution in [3.8, 4) is 0 Å². The van der Waals surface area contributed by atoms with Crippen molar-refractivity contribution in [2.75, 3.05) is 0 Å². The minimum atomic E-state index is -1.27. The monoisotopic (exact) mass is 282 g/mol. The summed E-state index contributed by atoms with van der Waals surface area (Å²) in [7, 11) is 0. The lowest BCUT2D eigenvalue weighted by Gasteiger charge is -2.25. The fourth-order valence-corrected chi connectivity index (χ4v) is 2.10. The SMILES string of the molecule is CC(=O)C(C)(C(=O)OCc1ccccc1)c1ccccc1. The smallest absolute Gasteiger partial charge is 0.324 e. The summed E-state index contributed by atoms with van der Waals surface area (Å²) in [6.07, 6.45) is 0. The molecular weight excluding hydrogens is 264 g/mol. The molecule has 0 fully saturated rings. The first-order valence-electron chi connectivity index (χ1n) is 6.83. The van der Waals surface area contributed by atoms with Gasteiger partial charge >= 0.3 is 5.97 Å². The van der Waals surface area contributed by atoms with E-state index in [1.165, 1.54) is 6.92 Å². The van der Waals surface area contributed by atoms with E-state index in [2.05, 4.69) is 0 Å². The molecule has 3 nitrogen and oxygen atoms in total. The number of hydrogen-bond donors (Lipinski definition) is 0. The van der Waals surface area contributed by atoms with E-state index in [0.717, 1.165) is 5.56 Å². The number of hydrogen-bond acceptors (Lipinski definition) is 3. The Hall–Kier alpha value is -2.42. The molecule has 2 aromatic rings. The zero-order valence-electron chi connectivity index (χ0n) is 12.2.